The molecule has 2 aromatic heterocycles. The van der Waals surface area contributed by atoms with E-state index in [1.165, 1.54) is 12.0 Å². The van der Waals surface area contributed by atoms with Crippen LogP contribution in [0.3, 0.4) is 0 Å². The zero-order valence-corrected chi connectivity index (χ0v) is 17.1. The maximum Gasteiger partial charge on any atom is 0.328 e. The third kappa shape index (κ3) is 5.48. The number of nitrogens with zero attached hydrogens (tertiary/aromatic N) is 5. The van der Waals surface area contributed by atoms with Crippen LogP contribution >= 0.6 is 11.8 Å². The topological polar surface area (TPSA) is 121 Å². The monoisotopic (exact) mass is 424 g/mol. The van der Waals surface area contributed by atoms with Gasteiger partial charge in [0.1, 0.15) is 24.3 Å². The van der Waals surface area contributed by atoms with Crippen LogP contribution in [0.2, 0.25) is 0 Å². The number of aromatic nitrogens is 4. The smallest absolute Gasteiger partial charge is 0.328 e. The number of methoxy groups -OCH3 is 1. The Labute approximate surface area is 172 Å². The summed E-state index contributed by atoms with van der Waals surface area (Å²) in [5, 5.41) is 10.6. The van der Waals surface area contributed by atoms with E-state index in [0.717, 1.165) is 5.75 Å². The number of pyridine rings is 1. The second-order valence-corrected chi connectivity index (χ2v) is 7.34. The maximum absolute atomic E-state index is 12.6. The number of urea groups is 1. The molecule has 1 aliphatic heterocycles. The first-order valence-corrected chi connectivity index (χ1v) is 10.5. The number of hydrogen-bond donors (Lipinski definition) is 1. The largest absolute Gasteiger partial charge is 0.467 e. The Morgan fingerprint density at radius 3 is 3.14 bits per heavy atom. The van der Waals surface area contributed by atoms with E-state index < -0.39 is 12.0 Å². The number of esters is 1. The van der Waals surface area contributed by atoms with E-state index in [-0.39, 0.29) is 18.7 Å². The molecule has 2 atom stereocenters. The van der Waals surface area contributed by atoms with Crippen LogP contribution in [0.1, 0.15) is 6.42 Å². The maximum atomic E-state index is 12.6. The molecule has 11 nitrogen and oxygen atoms in total. The summed E-state index contributed by atoms with van der Waals surface area (Å²) < 4.78 is 10.5. The molecule has 1 N–H and O–H groups in total. The van der Waals surface area contributed by atoms with Crippen molar-refractivity contribution in [3.8, 4) is 0 Å². The summed E-state index contributed by atoms with van der Waals surface area (Å²) in [7, 11) is 1.31. The summed E-state index contributed by atoms with van der Waals surface area (Å²) in [6.45, 7) is 1.28. The second kappa shape index (κ2) is 10.3. The number of thioether (sulfide) groups is 1. The van der Waals surface area contributed by atoms with Crippen molar-refractivity contribution >= 4 is 34.9 Å². The minimum Gasteiger partial charge on any atom is -0.467 e. The molecule has 2 unspecified atom stereocenters. The van der Waals surface area contributed by atoms with Crippen LogP contribution in [-0.2, 0) is 14.3 Å². The normalized spacial score (nSPS) is 17.7. The third-order valence-corrected chi connectivity index (χ3v) is 5.03. The Hall–Kier alpha value is -2.60. The van der Waals surface area contributed by atoms with E-state index in [0.29, 0.717) is 37.3 Å². The zero-order chi connectivity index (χ0) is 20.6. The highest BCUT2D eigenvalue weighted by Gasteiger charge is 2.28. The first kappa shape index (κ1) is 21.1. The van der Waals surface area contributed by atoms with Crippen LogP contribution in [0.15, 0.2) is 18.3 Å². The first-order chi connectivity index (χ1) is 14.1. The summed E-state index contributed by atoms with van der Waals surface area (Å²) in [6, 6.07) is 2.54. The van der Waals surface area contributed by atoms with Gasteiger partial charge in [-0.05, 0) is 35.8 Å². The van der Waals surface area contributed by atoms with Gasteiger partial charge in [0.05, 0.1) is 20.3 Å². The van der Waals surface area contributed by atoms with Crippen molar-refractivity contribution in [2.45, 2.75) is 18.6 Å². The quantitative estimate of drug-likeness (QED) is 0.582. The van der Waals surface area contributed by atoms with Gasteiger partial charge >= 0.3 is 12.0 Å². The molecule has 0 radical (unpaired) electrons. The molecule has 1 fully saturated rings. The lowest BCUT2D eigenvalue weighted by Gasteiger charge is -2.33. The van der Waals surface area contributed by atoms with E-state index in [1.54, 1.807) is 35.0 Å². The number of ether oxygens (including phenoxy) is 2. The van der Waals surface area contributed by atoms with Crippen LogP contribution in [-0.4, -0.2) is 94.6 Å². The van der Waals surface area contributed by atoms with Crippen molar-refractivity contribution in [2.75, 3.05) is 45.4 Å². The molecule has 0 spiro atoms. The predicted molar refractivity (Wildman–Crippen MR) is 105 cm³/mol. The van der Waals surface area contributed by atoms with Gasteiger partial charge in [0.25, 0.3) is 0 Å². The lowest BCUT2D eigenvalue weighted by Crippen LogP contribution is -2.54. The van der Waals surface area contributed by atoms with Crippen LogP contribution in [0.25, 0.3) is 11.2 Å². The van der Waals surface area contributed by atoms with Gasteiger partial charge in [-0.3, -0.25) is 0 Å². The highest BCUT2D eigenvalue weighted by Crippen LogP contribution is 2.09. The predicted octanol–water partition coefficient (Wildman–Crippen LogP) is -0.0400. The first-order valence-electron chi connectivity index (χ1n) is 9.16. The number of hydrogen-bond acceptors (Lipinski definition) is 9. The number of nitrogens with one attached hydrogen (secondary N) is 1. The van der Waals surface area contributed by atoms with E-state index >= 15 is 0 Å². The Balaban J connectivity index is 1.53. The van der Waals surface area contributed by atoms with Crippen LogP contribution < -0.4 is 10.2 Å². The highest BCUT2D eigenvalue weighted by atomic mass is 32.2. The zero-order valence-electron chi connectivity index (χ0n) is 16.3. The molecule has 2 aromatic rings. The number of morpholine rings is 1. The molecular weight excluding hydrogens is 400 g/mol. The second-order valence-electron chi connectivity index (χ2n) is 6.35. The fraction of sp³-hybridized carbons (Fsp3) is 0.588. The van der Waals surface area contributed by atoms with Crippen molar-refractivity contribution in [3.05, 3.63) is 18.3 Å². The molecule has 0 aliphatic carbocycles. The van der Waals surface area contributed by atoms with Crippen LogP contribution in [0.5, 0.6) is 0 Å². The lowest BCUT2D eigenvalue weighted by atomic mass is 10.2. The van der Waals surface area contributed by atoms with Gasteiger partial charge in [0, 0.05) is 12.7 Å². The molecule has 1 aliphatic rings. The molecule has 2 amide bonds. The van der Waals surface area contributed by atoms with Crippen molar-refractivity contribution < 1.29 is 23.9 Å². The van der Waals surface area contributed by atoms with Crippen molar-refractivity contribution in [2.24, 2.45) is 0 Å². The van der Waals surface area contributed by atoms with E-state index in [4.69, 9.17) is 14.3 Å². The summed E-state index contributed by atoms with van der Waals surface area (Å²) in [4.78, 5) is 37.2. The van der Waals surface area contributed by atoms with Crippen LogP contribution in [0, 0.1) is 0 Å². The third-order valence-electron chi connectivity index (χ3n) is 4.38. The molecule has 3 heterocycles. The molecule has 0 aromatic carbocycles. The Bertz CT molecular complexity index is 834. The molecule has 0 bridgehead atoms. The minimum atomic E-state index is -0.676. The average molecular weight is 424 g/mol. The summed E-state index contributed by atoms with van der Waals surface area (Å²) >= 11 is 1.60. The lowest BCUT2D eigenvalue weighted by molar-refractivity contribution is -0.143. The van der Waals surface area contributed by atoms with Gasteiger partial charge in [0.15, 0.2) is 0 Å². The Morgan fingerprint density at radius 1 is 1.48 bits per heavy atom. The van der Waals surface area contributed by atoms with Crippen LogP contribution in [0.4, 0.5) is 4.79 Å². The molecule has 158 valence electrons. The standard InChI is InChI=1S/C17H24N6O5S/c1-26-16(24)14(5-9-29-2)19-17(25)22-7-8-27-12(10-22)11-28-23-15-13(20-21-23)4-3-6-18-15/h3-4,6,12,14H,5,7-11H2,1-2H3,(H,19,25). The van der Waals surface area contributed by atoms with E-state index in [2.05, 4.69) is 20.6 Å². The summed E-state index contributed by atoms with van der Waals surface area (Å²) in [6.07, 6.45) is 3.73. The molecule has 1 saturated heterocycles. The van der Waals surface area contributed by atoms with Crippen molar-refractivity contribution in [3.63, 3.8) is 0 Å². The Kier molecular flexibility index (Phi) is 7.47. The van der Waals surface area contributed by atoms with Gasteiger partial charge in [-0.2, -0.15) is 11.8 Å². The summed E-state index contributed by atoms with van der Waals surface area (Å²) in [5.74, 6) is 0.283. The number of rotatable bonds is 8. The van der Waals surface area contributed by atoms with Gasteiger partial charge in [-0.15, -0.1) is 5.10 Å². The number of carbonyl (C=O) groups excluding carboxylic acids is 2. The molecule has 29 heavy (non-hydrogen) atoms. The number of carbonyl (C=O) groups is 2. The SMILES string of the molecule is COC(=O)C(CCSC)NC(=O)N1CCOC(COn2nnc3cccnc32)C1. The summed E-state index contributed by atoms with van der Waals surface area (Å²) in [5.41, 5.74) is 1.13. The number of amides is 2. The van der Waals surface area contributed by atoms with Gasteiger partial charge in [0.2, 0.25) is 5.65 Å². The Morgan fingerprint density at radius 2 is 2.34 bits per heavy atom. The highest BCUT2D eigenvalue weighted by molar-refractivity contribution is 7.98. The van der Waals surface area contributed by atoms with E-state index in [9.17, 15) is 9.59 Å². The van der Waals surface area contributed by atoms with Crippen molar-refractivity contribution in [1.82, 2.24) is 30.4 Å². The average Bonchev–Trinajstić information content (AvgIpc) is 3.17. The fourth-order valence-electron chi connectivity index (χ4n) is 2.86. The van der Waals surface area contributed by atoms with Crippen molar-refractivity contribution in [1.29, 1.82) is 0 Å². The number of fused-ring (bicyclic) bond motifs is 1. The molecular formula is C17H24N6O5S. The fourth-order valence-corrected chi connectivity index (χ4v) is 3.33. The molecule has 3 rings (SSSR count). The van der Waals surface area contributed by atoms with Gasteiger partial charge in [-0.25, -0.2) is 14.6 Å². The van der Waals surface area contributed by atoms with Gasteiger partial charge < -0.3 is 24.5 Å². The van der Waals surface area contributed by atoms with E-state index in [1.807, 2.05) is 6.26 Å². The molecule has 12 heteroatoms. The minimum absolute atomic E-state index is 0.172. The van der Waals surface area contributed by atoms with Gasteiger partial charge in [-0.1, -0.05) is 4.85 Å². The molecule has 0 saturated carbocycles.